The summed E-state index contributed by atoms with van der Waals surface area (Å²) in [5.74, 6) is 0. The van der Waals surface area contributed by atoms with E-state index in [-0.39, 0.29) is 0 Å². The van der Waals surface area contributed by atoms with Gasteiger partial charge >= 0.3 is 18.0 Å². The molecule has 0 aromatic heterocycles. The zero-order chi connectivity index (χ0) is 8.91. The van der Waals surface area contributed by atoms with Crippen LogP contribution in [0.3, 0.4) is 0 Å². The first-order valence-corrected chi connectivity index (χ1v) is 2.48. The molecule has 1 fully saturated rings. The number of halogens is 6. The van der Waals surface area contributed by atoms with E-state index in [0.717, 1.165) is 0 Å². The van der Waals surface area contributed by atoms with Crippen molar-refractivity contribution >= 4 is 0 Å². The molecule has 0 radical (unpaired) electrons. The molecule has 7 heteroatoms. The van der Waals surface area contributed by atoms with Crippen LogP contribution in [-0.2, 0) is 4.74 Å². The molecule has 1 unspecified atom stereocenters. The van der Waals surface area contributed by atoms with Gasteiger partial charge < -0.3 is 4.74 Å². The first kappa shape index (κ1) is 8.63. The Kier molecular flexibility index (Phi) is 1.43. The summed E-state index contributed by atoms with van der Waals surface area (Å²) in [4.78, 5) is 0. The van der Waals surface area contributed by atoms with Crippen molar-refractivity contribution in [1.82, 2.24) is 0 Å². The topological polar surface area (TPSA) is 9.23 Å². The third-order valence-electron chi connectivity index (χ3n) is 1.36. The minimum atomic E-state index is -5.57. The Balaban J connectivity index is 2.86. The van der Waals surface area contributed by atoms with Gasteiger partial charge in [0.15, 0.2) is 0 Å². The summed E-state index contributed by atoms with van der Waals surface area (Å²) >= 11 is 0. The van der Waals surface area contributed by atoms with E-state index in [0.29, 0.717) is 0 Å². The van der Waals surface area contributed by atoms with E-state index in [9.17, 15) is 26.3 Å². The van der Waals surface area contributed by atoms with E-state index >= 15 is 0 Å². The van der Waals surface area contributed by atoms with Gasteiger partial charge in [0.1, 0.15) is 6.61 Å². The minimum absolute atomic E-state index is 1.64. The van der Waals surface area contributed by atoms with Crippen molar-refractivity contribution in [1.29, 1.82) is 0 Å². The molecule has 1 aliphatic rings. The van der Waals surface area contributed by atoms with Crippen LogP contribution in [0.2, 0.25) is 0 Å². The maximum atomic E-state index is 12.2. The van der Waals surface area contributed by atoms with Gasteiger partial charge in [0.2, 0.25) is 0 Å². The number of alkyl halides is 6. The molecular weight excluding hydrogens is 178 g/mol. The smallest absolute Gasteiger partial charge is 0.313 e. The molecule has 1 atom stereocenters. The van der Waals surface area contributed by atoms with Gasteiger partial charge in [-0.05, 0) is 0 Å². The van der Waals surface area contributed by atoms with Crippen LogP contribution in [0.5, 0.6) is 0 Å². The standard InChI is InChI=1S/C4H2F6O/c5-2(3(6,7)8)1-11-4(2,9)10/h1H2. The van der Waals surface area contributed by atoms with Crippen molar-refractivity contribution in [2.75, 3.05) is 6.61 Å². The van der Waals surface area contributed by atoms with Crippen molar-refractivity contribution in [3.63, 3.8) is 0 Å². The summed E-state index contributed by atoms with van der Waals surface area (Å²) in [6.07, 6.45) is -10.3. The fraction of sp³-hybridized carbons (Fsp3) is 1.00. The molecule has 0 saturated carbocycles. The summed E-state index contributed by atoms with van der Waals surface area (Å²) in [5.41, 5.74) is -4.50. The third kappa shape index (κ3) is 0.901. The Morgan fingerprint density at radius 3 is 1.55 bits per heavy atom. The van der Waals surface area contributed by atoms with Crippen molar-refractivity contribution < 1.29 is 31.1 Å². The Morgan fingerprint density at radius 2 is 1.55 bits per heavy atom. The number of rotatable bonds is 0. The first-order chi connectivity index (χ1) is 4.71. The average molecular weight is 180 g/mol. The largest absolute Gasteiger partial charge is 0.433 e. The molecule has 0 spiro atoms. The lowest BCUT2D eigenvalue weighted by Crippen LogP contribution is -2.68. The van der Waals surface area contributed by atoms with Crippen molar-refractivity contribution in [2.45, 2.75) is 18.0 Å². The van der Waals surface area contributed by atoms with E-state index in [1.165, 1.54) is 0 Å². The molecule has 1 nitrogen and oxygen atoms in total. The Labute approximate surface area is 56.9 Å². The molecular formula is C4H2F6O. The molecule has 0 aliphatic carbocycles. The second-order valence-corrected chi connectivity index (χ2v) is 2.10. The van der Waals surface area contributed by atoms with E-state index < -0.39 is 24.6 Å². The predicted octanol–water partition coefficient (Wildman–Crippen LogP) is 1.88. The van der Waals surface area contributed by atoms with Crippen LogP contribution in [0.1, 0.15) is 0 Å². The molecule has 11 heavy (non-hydrogen) atoms. The van der Waals surface area contributed by atoms with E-state index in [2.05, 4.69) is 4.74 Å². The Hall–Kier alpha value is -0.460. The van der Waals surface area contributed by atoms with Crippen LogP contribution in [0, 0.1) is 0 Å². The minimum Gasteiger partial charge on any atom is -0.313 e. The molecule has 1 saturated heterocycles. The van der Waals surface area contributed by atoms with Gasteiger partial charge in [-0.3, -0.25) is 0 Å². The Morgan fingerprint density at radius 1 is 1.09 bits per heavy atom. The predicted molar refractivity (Wildman–Crippen MR) is 20.8 cm³/mol. The van der Waals surface area contributed by atoms with Crippen LogP contribution in [-0.4, -0.2) is 24.6 Å². The molecule has 0 amide bonds. The molecule has 1 aliphatic heterocycles. The molecule has 0 aromatic carbocycles. The van der Waals surface area contributed by atoms with Gasteiger partial charge in [-0.1, -0.05) is 0 Å². The summed E-state index contributed by atoms with van der Waals surface area (Å²) < 4.78 is 73.2. The van der Waals surface area contributed by atoms with Gasteiger partial charge in [0, 0.05) is 0 Å². The van der Waals surface area contributed by atoms with Crippen LogP contribution >= 0.6 is 0 Å². The normalized spacial score (nSPS) is 36.5. The highest BCUT2D eigenvalue weighted by Gasteiger charge is 2.79. The van der Waals surface area contributed by atoms with E-state index in [1.807, 2.05) is 0 Å². The zero-order valence-electron chi connectivity index (χ0n) is 4.88. The lowest BCUT2D eigenvalue weighted by Gasteiger charge is -2.42. The number of hydrogen-bond acceptors (Lipinski definition) is 1. The van der Waals surface area contributed by atoms with Gasteiger partial charge in [-0.25, -0.2) is 4.39 Å². The molecule has 66 valence electrons. The van der Waals surface area contributed by atoms with Crippen LogP contribution in [0.4, 0.5) is 26.3 Å². The Bertz CT molecular complexity index is 162. The maximum absolute atomic E-state index is 12.2. The molecule has 0 aromatic rings. The number of ether oxygens (including phenoxy) is 1. The molecule has 0 bridgehead atoms. The molecule has 1 rings (SSSR count). The molecule has 1 heterocycles. The third-order valence-corrected chi connectivity index (χ3v) is 1.36. The van der Waals surface area contributed by atoms with Gasteiger partial charge in [-0.15, -0.1) is 0 Å². The summed E-state index contributed by atoms with van der Waals surface area (Å²) in [7, 11) is 0. The summed E-state index contributed by atoms with van der Waals surface area (Å²) in [6.45, 7) is -1.64. The van der Waals surface area contributed by atoms with Crippen molar-refractivity contribution in [3.05, 3.63) is 0 Å². The molecule has 0 N–H and O–H groups in total. The van der Waals surface area contributed by atoms with Crippen LogP contribution in [0.15, 0.2) is 0 Å². The lowest BCUT2D eigenvalue weighted by molar-refractivity contribution is -0.464. The zero-order valence-corrected chi connectivity index (χ0v) is 4.88. The summed E-state index contributed by atoms with van der Waals surface area (Å²) in [5, 5.41) is 0. The maximum Gasteiger partial charge on any atom is 0.433 e. The van der Waals surface area contributed by atoms with Crippen LogP contribution < -0.4 is 0 Å². The lowest BCUT2D eigenvalue weighted by atomic mass is 10.0. The fourth-order valence-electron chi connectivity index (χ4n) is 0.555. The highest BCUT2D eigenvalue weighted by molar-refractivity contribution is 5.01. The highest BCUT2D eigenvalue weighted by Crippen LogP contribution is 2.52. The number of hydrogen-bond donors (Lipinski definition) is 0. The fourth-order valence-corrected chi connectivity index (χ4v) is 0.555. The van der Waals surface area contributed by atoms with E-state index in [1.54, 1.807) is 0 Å². The highest BCUT2D eigenvalue weighted by atomic mass is 19.4. The van der Waals surface area contributed by atoms with Crippen molar-refractivity contribution in [2.24, 2.45) is 0 Å². The van der Waals surface area contributed by atoms with Crippen LogP contribution in [0.25, 0.3) is 0 Å². The average Bonchev–Trinajstić information content (AvgIpc) is 1.81. The van der Waals surface area contributed by atoms with Gasteiger partial charge in [-0.2, -0.15) is 22.0 Å². The quantitative estimate of drug-likeness (QED) is 0.517. The van der Waals surface area contributed by atoms with Gasteiger partial charge in [0.05, 0.1) is 0 Å². The first-order valence-electron chi connectivity index (χ1n) is 2.48. The van der Waals surface area contributed by atoms with Crippen molar-refractivity contribution in [3.8, 4) is 0 Å². The SMILES string of the molecule is FC(F)(F)C1(F)COC1(F)F. The van der Waals surface area contributed by atoms with E-state index in [4.69, 9.17) is 0 Å². The second kappa shape index (κ2) is 1.82. The van der Waals surface area contributed by atoms with Gasteiger partial charge in [0.25, 0.3) is 0 Å². The summed E-state index contributed by atoms with van der Waals surface area (Å²) in [6, 6.07) is 0. The second-order valence-electron chi connectivity index (χ2n) is 2.10. The monoisotopic (exact) mass is 180 g/mol.